The molecule has 0 aromatic heterocycles. The second kappa shape index (κ2) is 4.82. The molecule has 84 valence electrons. The summed E-state index contributed by atoms with van der Waals surface area (Å²) >= 11 is 0. The smallest absolute Gasteiger partial charge is 0.333 e. The van der Waals surface area contributed by atoms with Gasteiger partial charge in [0.05, 0.1) is 0 Å². The molecule has 2 fully saturated rings. The molecule has 0 radical (unpaired) electrons. The average molecular weight is 208 g/mol. The molecule has 1 atom stereocenters. The van der Waals surface area contributed by atoms with Crippen LogP contribution in [0, 0.1) is 5.92 Å². The molecular formula is C13H20O2. The van der Waals surface area contributed by atoms with E-state index >= 15 is 0 Å². The molecule has 1 aliphatic heterocycles. The third-order valence-corrected chi connectivity index (χ3v) is 3.69. The van der Waals surface area contributed by atoms with Gasteiger partial charge >= 0.3 is 5.97 Å². The number of hydrogen-bond donors (Lipinski definition) is 0. The Hall–Kier alpha value is -0.790. The summed E-state index contributed by atoms with van der Waals surface area (Å²) in [4.78, 5) is 11.5. The minimum Gasteiger partial charge on any atom is -0.459 e. The van der Waals surface area contributed by atoms with E-state index in [9.17, 15) is 4.79 Å². The Kier molecular flexibility index (Phi) is 3.45. The Balaban J connectivity index is 1.95. The van der Waals surface area contributed by atoms with E-state index in [1.807, 2.05) is 0 Å². The second-order valence-electron chi connectivity index (χ2n) is 4.84. The molecule has 1 saturated heterocycles. The summed E-state index contributed by atoms with van der Waals surface area (Å²) in [6.45, 7) is 3.76. The van der Waals surface area contributed by atoms with Crippen LogP contribution in [0.15, 0.2) is 12.2 Å². The number of esters is 1. The quantitative estimate of drug-likeness (QED) is 0.488. The second-order valence-corrected chi connectivity index (χ2v) is 4.84. The van der Waals surface area contributed by atoms with Crippen molar-refractivity contribution in [3.8, 4) is 0 Å². The van der Waals surface area contributed by atoms with Gasteiger partial charge in [0.25, 0.3) is 0 Å². The molecule has 1 unspecified atom stereocenters. The van der Waals surface area contributed by atoms with Crippen LogP contribution in [-0.4, -0.2) is 12.1 Å². The molecule has 2 aliphatic rings. The number of carbonyl (C=O) groups is 1. The molecule has 2 nitrogen and oxygen atoms in total. The third kappa shape index (κ3) is 2.61. The van der Waals surface area contributed by atoms with Gasteiger partial charge in [-0.3, -0.25) is 0 Å². The van der Waals surface area contributed by atoms with Crippen LogP contribution in [0.1, 0.15) is 51.4 Å². The van der Waals surface area contributed by atoms with Crippen LogP contribution < -0.4 is 0 Å². The molecule has 0 aromatic rings. The lowest BCUT2D eigenvalue weighted by molar-refractivity contribution is -0.147. The number of cyclic esters (lactones) is 1. The SMILES string of the molecule is C=C1CCCC(C2CCCCC2)OC1=O. The highest BCUT2D eigenvalue weighted by molar-refractivity contribution is 5.88. The van der Waals surface area contributed by atoms with E-state index in [-0.39, 0.29) is 12.1 Å². The first-order valence-corrected chi connectivity index (χ1v) is 6.16. The lowest BCUT2D eigenvalue weighted by atomic mass is 9.83. The summed E-state index contributed by atoms with van der Waals surface area (Å²) in [5.41, 5.74) is 0.660. The molecule has 0 bridgehead atoms. The lowest BCUT2D eigenvalue weighted by Crippen LogP contribution is -2.27. The van der Waals surface area contributed by atoms with E-state index in [2.05, 4.69) is 6.58 Å². The summed E-state index contributed by atoms with van der Waals surface area (Å²) in [6, 6.07) is 0. The van der Waals surface area contributed by atoms with Crippen LogP contribution >= 0.6 is 0 Å². The van der Waals surface area contributed by atoms with Crippen LogP contribution in [0.2, 0.25) is 0 Å². The monoisotopic (exact) mass is 208 g/mol. The van der Waals surface area contributed by atoms with Crippen LogP contribution in [-0.2, 0) is 9.53 Å². The van der Waals surface area contributed by atoms with Crippen LogP contribution in [0.3, 0.4) is 0 Å². The van der Waals surface area contributed by atoms with Crippen molar-refractivity contribution in [2.75, 3.05) is 0 Å². The maximum Gasteiger partial charge on any atom is 0.333 e. The first-order valence-electron chi connectivity index (χ1n) is 6.16. The Morgan fingerprint density at radius 2 is 1.80 bits per heavy atom. The minimum atomic E-state index is -0.150. The van der Waals surface area contributed by atoms with E-state index in [0.717, 1.165) is 19.3 Å². The number of hydrogen-bond acceptors (Lipinski definition) is 2. The lowest BCUT2D eigenvalue weighted by Gasteiger charge is -2.28. The van der Waals surface area contributed by atoms with Gasteiger partial charge in [0.1, 0.15) is 6.10 Å². The van der Waals surface area contributed by atoms with E-state index in [4.69, 9.17) is 4.74 Å². The first kappa shape index (κ1) is 10.7. The minimum absolute atomic E-state index is 0.150. The van der Waals surface area contributed by atoms with E-state index in [1.54, 1.807) is 0 Å². The molecule has 1 heterocycles. The Morgan fingerprint density at radius 1 is 1.07 bits per heavy atom. The summed E-state index contributed by atoms with van der Waals surface area (Å²) in [5, 5.41) is 0. The normalized spacial score (nSPS) is 29.7. The van der Waals surface area contributed by atoms with Gasteiger partial charge in [0, 0.05) is 5.57 Å². The zero-order chi connectivity index (χ0) is 10.7. The fraction of sp³-hybridized carbons (Fsp3) is 0.769. The van der Waals surface area contributed by atoms with E-state index in [1.165, 1.54) is 32.1 Å². The summed E-state index contributed by atoms with van der Waals surface area (Å²) in [6.07, 6.45) is 9.54. The fourth-order valence-corrected chi connectivity index (χ4v) is 2.74. The topological polar surface area (TPSA) is 26.3 Å². The van der Waals surface area contributed by atoms with Crippen molar-refractivity contribution in [2.24, 2.45) is 5.92 Å². The van der Waals surface area contributed by atoms with Crippen molar-refractivity contribution in [3.05, 3.63) is 12.2 Å². The van der Waals surface area contributed by atoms with Gasteiger partial charge in [-0.05, 0) is 38.0 Å². The molecule has 0 N–H and O–H groups in total. The van der Waals surface area contributed by atoms with Gasteiger partial charge in [0.15, 0.2) is 0 Å². The molecule has 2 rings (SSSR count). The van der Waals surface area contributed by atoms with Crippen molar-refractivity contribution in [2.45, 2.75) is 57.5 Å². The predicted octanol–water partition coefficient (Wildman–Crippen LogP) is 3.22. The summed E-state index contributed by atoms with van der Waals surface area (Å²) in [5.74, 6) is 0.469. The van der Waals surface area contributed by atoms with Crippen molar-refractivity contribution in [1.29, 1.82) is 0 Å². The zero-order valence-corrected chi connectivity index (χ0v) is 9.34. The summed E-state index contributed by atoms with van der Waals surface area (Å²) < 4.78 is 5.52. The Labute approximate surface area is 91.7 Å². The standard InChI is InChI=1S/C13H20O2/c1-10-6-5-9-12(15-13(10)14)11-7-3-2-4-8-11/h11-12H,1-9H2. The maximum absolute atomic E-state index is 11.5. The van der Waals surface area contributed by atoms with Gasteiger partial charge < -0.3 is 4.74 Å². The largest absolute Gasteiger partial charge is 0.459 e. The zero-order valence-electron chi connectivity index (χ0n) is 9.34. The van der Waals surface area contributed by atoms with Gasteiger partial charge in [-0.1, -0.05) is 25.8 Å². The number of ether oxygens (including phenoxy) is 1. The molecule has 2 heteroatoms. The van der Waals surface area contributed by atoms with Crippen LogP contribution in [0.25, 0.3) is 0 Å². The average Bonchev–Trinajstić information content (AvgIpc) is 2.43. The van der Waals surface area contributed by atoms with Crippen LogP contribution in [0.5, 0.6) is 0 Å². The predicted molar refractivity (Wildman–Crippen MR) is 59.4 cm³/mol. The molecule has 1 saturated carbocycles. The van der Waals surface area contributed by atoms with Crippen molar-refractivity contribution >= 4 is 5.97 Å². The molecule has 0 amide bonds. The van der Waals surface area contributed by atoms with E-state index in [0.29, 0.717) is 11.5 Å². The summed E-state index contributed by atoms with van der Waals surface area (Å²) in [7, 11) is 0. The molecule has 15 heavy (non-hydrogen) atoms. The first-order chi connectivity index (χ1) is 7.27. The van der Waals surface area contributed by atoms with Gasteiger partial charge in [0.2, 0.25) is 0 Å². The van der Waals surface area contributed by atoms with Crippen LogP contribution in [0.4, 0.5) is 0 Å². The number of rotatable bonds is 1. The molecule has 1 aliphatic carbocycles. The number of carbonyl (C=O) groups excluding carboxylic acids is 1. The molecular weight excluding hydrogens is 188 g/mol. The Bertz CT molecular complexity index is 251. The maximum atomic E-state index is 11.5. The Morgan fingerprint density at radius 3 is 2.53 bits per heavy atom. The van der Waals surface area contributed by atoms with Crippen molar-refractivity contribution < 1.29 is 9.53 Å². The fourth-order valence-electron chi connectivity index (χ4n) is 2.74. The van der Waals surface area contributed by atoms with Gasteiger partial charge in [-0.25, -0.2) is 4.79 Å². The molecule has 0 spiro atoms. The highest BCUT2D eigenvalue weighted by Crippen LogP contribution is 2.32. The van der Waals surface area contributed by atoms with Crippen molar-refractivity contribution in [1.82, 2.24) is 0 Å². The van der Waals surface area contributed by atoms with Gasteiger partial charge in [-0.2, -0.15) is 0 Å². The van der Waals surface area contributed by atoms with Crippen molar-refractivity contribution in [3.63, 3.8) is 0 Å². The highest BCUT2D eigenvalue weighted by Gasteiger charge is 2.29. The highest BCUT2D eigenvalue weighted by atomic mass is 16.5. The third-order valence-electron chi connectivity index (χ3n) is 3.69. The van der Waals surface area contributed by atoms with E-state index < -0.39 is 0 Å². The molecule has 0 aromatic carbocycles. The van der Waals surface area contributed by atoms with Gasteiger partial charge in [-0.15, -0.1) is 0 Å².